The van der Waals surface area contributed by atoms with Gasteiger partial charge in [-0.2, -0.15) is 0 Å². The molecule has 0 unspecified atom stereocenters. The zero-order chi connectivity index (χ0) is 43.7. The predicted octanol–water partition coefficient (Wildman–Crippen LogP) is 9.22. The molecule has 2 heterocycles. The first kappa shape index (κ1) is 47.4. The number of benzene rings is 4. The summed E-state index contributed by atoms with van der Waals surface area (Å²) in [6, 6.07) is 28.9. The Labute approximate surface area is 361 Å². The molecule has 6 aromatic rings. The van der Waals surface area contributed by atoms with Gasteiger partial charge in [0, 0.05) is 48.3 Å². The summed E-state index contributed by atoms with van der Waals surface area (Å²) < 4.78 is 66.9. The quantitative estimate of drug-likeness (QED) is 0.0424. The largest absolute Gasteiger partial charge is 0.744 e. The van der Waals surface area contributed by atoms with Crippen molar-refractivity contribution >= 4 is 75.9 Å². The summed E-state index contributed by atoms with van der Waals surface area (Å²) >= 11 is 3.16. The summed E-state index contributed by atoms with van der Waals surface area (Å²) in [4.78, 5) is 4.56. The van der Waals surface area contributed by atoms with E-state index in [1.165, 1.54) is 35.6 Å². The number of aryl methyl sites for hydroxylation is 4. The van der Waals surface area contributed by atoms with Gasteiger partial charge in [0.1, 0.15) is 44.0 Å². The van der Waals surface area contributed by atoms with Crippen molar-refractivity contribution in [3.05, 3.63) is 131 Å². The van der Waals surface area contributed by atoms with Crippen LogP contribution in [0.5, 0.6) is 0 Å². The molecule has 0 saturated heterocycles. The Kier molecular flexibility index (Phi) is 18.1. The van der Waals surface area contributed by atoms with E-state index in [4.69, 9.17) is 0 Å². The highest BCUT2D eigenvalue weighted by molar-refractivity contribution is 7.86. The number of nitrogens with zero attached hydrogens (tertiary/aromatic N) is 8. The fourth-order valence-corrected chi connectivity index (χ4v) is 8.50. The molecular formula is C42H50N8O6S4. The molecule has 318 valence electrons. The zero-order valence-electron chi connectivity index (χ0n) is 34.4. The molecule has 0 spiro atoms. The molecule has 0 aliphatic heterocycles. The molecule has 0 saturated carbocycles. The average Bonchev–Trinajstić information content (AvgIpc) is 3.84. The van der Waals surface area contributed by atoms with Gasteiger partial charge in [0.2, 0.25) is 0 Å². The second-order valence-corrected chi connectivity index (χ2v) is 17.8. The van der Waals surface area contributed by atoms with Gasteiger partial charge >= 0.3 is 10.3 Å². The molecule has 2 aromatic heterocycles. The summed E-state index contributed by atoms with van der Waals surface area (Å²) in [5.74, 6) is 0. The number of azo groups is 2. The molecule has 0 radical (unpaired) electrons. The predicted molar refractivity (Wildman–Crippen MR) is 236 cm³/mol. The third-order valence-electron chi connectivity index (χ3n) is 9.05. The van der Waals surface area contributed by atoms with E-state index in [9.17, 15) is 25.9 Å². The summed E-state index contributed by atoms with van der Waals surface area (Å²) in [5.41, 5.74) is 5.15. The van der Waals surface area contributed by atoms with Crippen molar-refractivity contribution in [3.63, 3.8) is 0 Å². The SMILES string of the molecule is CCN(CCCCN(CC)c1ccc(N=Nc2scc[n+]2C)cc1)c1ccc(N=Nc2scc[n+]2C)cc1.Cc1ccccc1S(=O)(=O)[O-].Cc1ccccc1S(=O)(=O)[O-]. The molecule has 0 aliphatic rings. The first-order valence-corrected chi connectivity index (χ1v) is 23.6. The zero-order valence-corrected chi connectivity index (χ0v) is 37.7. The van der Waals surface area contributed by atoms with Gasteiger partial charge in [-0.1, -0.05) is 36.4 Å². The van der Waals surface area contributed by atoms with Crippen LogP contribution < -0.4 is 18.9 Å². The van der Waals surface area contributed by atoms with E-state index in [1.54, 1.807) is 60.8 Å². The number of hydrogen-bond donors (Lipinski definition) is 0. The Morgan fingerprint density at radius 1 is 0.550 bits per heavy atom. The van der Waals surface area contributed by atoms with E-state index in [0.29, 0.717) is 11.1 Å². The Bertz CT molecular complexity index is 2360. The number of rotatable bonds is 15. The topological polar surface area (TPSA) is 178 Å². The van der Waals surface area contributed by atoms with Crippen molar-refractivity contribution in [3.8, 4) is 0 Å². The van der Waals surface area contributed by atoms with Crippen LogP contribution >= 0.6 is 22.7 Å². The van der Waals surface area contributed by atoms with E-state index in [0.717, 1.165) is 60.7 Å². The van der Waals surface area contributed by atoms with E-state index in [1.807, 2.05) is 70.6 Å². The molecule has 60 heavy (non-hydrogen) atoms. The molecule has 4 aromatic carbocycles. The molecule has 0 amide bonds. The lowest BCUT2D eigenvalue weighted by atomic mass is 10.2. The maximum Gasteiger partial charge on any atom is 0.408 e. The second kappa shape index (κ2) is 22.9. The lowest BCUT2D eigenvalue weighted by Gasteiger charge is -2.26. The first-order chi connectivity index (χ1) is 28.6. The maximum absolute atomic E-state index is 10.5. The number of hydrogen-bond acceptors (Lipinski definition) is 14. The van der Waals surface area contributed by atoms with Crippen molar-refractivity contribution in [2.45, 2.75) is 50.3 Å². The van der Waals surface area contributed by atoms with Crippen molar-refractivity contribution in [1.82, 2.24) is 0 Å². The van der Waals surface area contributed by atoms with Crippen molar-refractivity contribution in [2.24, 2.45) is 34.6 Å². The monoisotopic (exact) mass is 890 g/mol. The van der Waals surface area contributed by atoms with Crippen molar-refractivity contribution in [2.75, 3.05) is 36.0 Å². The van der Waals surface area contributed by atoms with Crippen LogP contribution in [0.1, 0.15) is 37.8 Å². The van der Waals surface area contributed by atoms with Crippen LogP contribution in [0.25, 0.3) is 0 Å². The summed E-state index contributed by atoms with van der Waals surface area (Å²) in [5, 5.41) is 23.2. The normalized spacial score (nSPS) is 11.5. The Hall–Kier alpha value is -5.24. The molecular weight excluding hydrogens is 841 g/mol. The molecule has 6 rings (SSSR count). The molecule has 18 heteroatoms. The number of anilines is 2. The third-order valence-corrected chi connectivity index (χ3v) is 12.7. The van der Waals surface area contributed by atoms with Gasteiger partial charge < -0.3 is 18.9 Å². The van der Waals surface area contributed by atoms with Gasteiger partial charge in [-0.3, -0.25) is 0 Å². The highest BCUT2D eigenvalue weighted by Gasteiger charge is 2.11. The average molecular weight is 891 g/mol. The number of unbranched alkanes of at least 4 members (excludes halogenated alkanes) is 1. The first-order valence-electron chi connectivity index (χ1n) is 19.0. The fraction of sp³-hybridized carbons (Fsp3) is 0.286. The van der Waals surface area contributed by atoms with E-state index >= 15 is 0 Å². The molecule has 0 bridgehead atoms. The lowest BCUT2D eigenvalue weighted by molar-refractivity contribution is -0.654. The smallest absolute Gasteiger partial charge is 0.408 e. The summed E-state index contributed by atoms with van der Waals surface area (Å²) in [6.45, 7) is 11.6. The Morgan fingerprint density at radius 3 is 1.17 bits per heavy atom. The Morgan fingerprint density at radius 2 is 0.900 bits per heavy atom. The highest BCUT2D eigenvalue weighted by Crippen LogP contribution is 2.25. The van der Waals surface area contributed by atoms with Crippen LogP contribution in [0, 0.1) is 13.8 Å². The Balaban J connectivity index is 0.000000291. The van der Waals surface area contributed by atoms with Gasteiger partial charge in [-0.15, -0.1) is 0 Å². The maximum atomic E-state index is 10.5. The molecule has 0 atom stereocenters. The van der Waals surface area contributed by atoms with E-state index < -0.39 is 20.2 Å². The standard InChI is InChI=1S/C28H36N8S2.2C7H8O3S/c1-5-35(25-13-9-23(10-14-25)29-31-27-33(3)19-21-37-27)17-7-8-18-36(6-2)26-15-11-24(12-16-26)30-32-28-34(4)20-22-38-28;2*1-6-4-2-3-5-7(6)11(8,9)10/h9-16,19-22H,5-8,17-18H2,1-4H3;2*2-5H,1H3,(H,8,9,10)/q+2;;/p-2. The summed E-state index contributed by atoms with van der Waals surface area (Å²) in [7, 11) is -4.62. The van der Waals surface area contributed by atoms with Crippen LogP contribution in [0.4, 0.5) is 33.0 Å². The molecule has 0 aliphatic carbocycles. The van der Waals surface area contributed by atoms with Gasteiger partial charge in [-0.25, -0.2) is 26.0 Å². The number of aromatic nitrogens is 2. The molecule has 0 fully saturated rings. The molecule has 14 nitrogen and oxygen atoms in total. The van der Waals surface area contributed by atoms with Crippen LogP contribution in [0.15, 0.2) is 150 Å². The minimum atomic E-state index is -4.28. The number of thiazole rings is 2. The van der Waals surface area contributed by atoms with Gasteiger partial charge in [-0.05, 0) is 145 Å². The van der Waals surface area contributed by atoms with Crippen LogP contribution in [0.2, 0.25) is 0 Å². The lowest BCUT2D eigenvalue weighted by Crippen LogP contribution is -2.27. The fourth-order valence-electron chi connectivity index (χ4n) is 5.73. The minimum absolute atomic E-state index is 0.139. The van der Waals surface area contributed by atoms with Crippen LogP contribution in [0.3, 0.4) is 0 Å². The second-order valence-electron chi connectivity index (χ2n) is 13.3. The van der Waals surface area contributed by atoms with Gasteiger partial charge in [0.25, 0.3) is 0 Å². The van der Waals surface area contributed by atoms with E-state index in [2.05, 4.69) is 68.4 Å². The van der Waals surface area contributed by atoms with Gasteiger partial charge in [0.05, 0.1) is 34.1 Å². The van der Waals surface area contributed by atoms with E-state index in [-0.39, 0.29) is 9.79 Å². The highest BCUT2D eigenvalue weighted by atomic mass is 32.2. The van der Waals surface area contributed by atoms with Gasteiger partial charge in [0.15, 0.2) is 0 Å². The van der Waals surface area contributed by atoms with Crippen molar-refractivity contribution < 1.29 is 35.1 Å². The molecule has 0 N–H and O–H groups in total. The van der Waals surface area contributed by atoms with Crippen LogP contribution in [-0.2, 0) is 34.3 Å². The van der Waals surface area contributed by atoms with Crippen LogP contribution in [-0.4, -0.2) is 52.1 Å². The summed E-state index contributed by atoms with van der Waals surface area (Å²) in [6.07, 6.45) is 6.23. The van der Waals surface area contributed by atoms with Crippen molar-refractivity contribution in [1.29, 1.82) is 0 Å². The third kappa shape index (κ3) is 14.8. The minimum Gasteiger partial charge on any atom is -0.744 e.